The maximum atomic E-state index is 14.5. The van der Waals surface area contributed by atoms with E-state index < -0.39 is 79.4 Å². The van der Waals surface area contributed by atoms with Gasteiger partial charge in [-0.05, 0) is 52.8 Å². The minimum absolute atomic E-state index is 0.0328. The molecule has 2 saturated heterocycles. The van der Waals surface area contributed by atoms with Crippen molar-refractivity contribution >= 4 is 18.0 Å². The van der Waals surface area contributed by atoms with Gasteiger partial charge < -0.3 is 57.4 Å². The summed E-state index contributed by atoms with van der Waals surface area (Å²) < 4.78 is 72.5. The van der Waals surface area contributed by atoms with Gasteiger partial charge in [-0.2, -0.15) is 0 Å². The molecule has 8 rings (SSSR count). The highest BCUT2D eigenvalue weighted by Gasteiger charge is 2.56. The lowest BCUT2D eigenvalue weighted by atomic mass is 9.94. The maximum Gasteiger partial charge on any atom is 0.407 e. The van der Waals surface area contributed by atoms with Gasteiger partial charge >= 0.3 is 18.0 Å². The summed E-state index contributed by atoms with van der Waals surface area (Å²) in [5, 5.41) is 2.89. The number of esters is 2. The summed E-state index contributed by atoms with van der Waals surface area (Å²) in [6.45, 7) is 5.67. The zero-order valence-electron chi connectivity index (χ0n) is 43.2. The van der Waals surface area contributed by atoms with Crippen molar-refractivity contribution in [3.05, 3.63) is 228 Å². The molecular formula is C62H67NO14. The number of ether oxygens (including phenoxy) is 11. The molecule has 10 atom stereocenters. The van der Waals surface area contributed by atoms with Crippen LogP contribution < -0.4 is 5.32 Å². The molecule has 0 bridgehead atoms. The highest BCUT2D eigenvalue weighted by molar-refractivity contribution is 5.89. The van der Waals surface area contributed by atoms with Crippen molar-refractivity contribution in [3.63, 3.8) is 0 Å². The first kappa shape index (κ1) is 56.2. The zero-order valence-corrected chi connectivity index (χ0v) is 43.2. The molecule has 1 amide bonds. The number of hydrogen-bond donors (Lipinski definition) is 1. The normalized spacial score (nSPS) is 23.0. The van der Waals surface area contributed by atoms with Crippen LogP contribution in [0, 0.1) is 0 Å². The molecule has 6 aromatic rings. The Labute approximate surface area is 450 Å². The van der Waals surface area contributed by atoms with Crippen LogP contribution in [0.25, 0.3) is 0 Å². The van der Waals surface area contributed by atoms with Crippen molar-refractivity contribution in [3.8, 4) is 0 Å². The molecule has 0 saturated carbocycles. The number of rotatable bonds is 27. The molecule has 6 aromatic carbocycles. The van der Waals surface area contributed by atoms with Crippen molar-refractivity contribution < 1.29 is 66.5 Å². The molecule has 0 unspecified atom stereocenters. The summed E-state index contributed by atoms with van der Waals surface area (Å²) in [6.07, 6.45) is -8.73. The average Bonchev–Trinajstić information content (AvgIpc) is 3.47. The third-order valence-electron chi connectivity index (χ3n) is 12.8. The van der Waals surface area contributed by atoms with E-state index in [2.05, 4.69) is 11.9 Å². The number of benzene rings is 6. The third kappa shape index (κ3) is 17.2. The van der Waals surface area contributed by atoms with Crippen LogP contribution in [0.1, 0.15) is 57.9 Å². The standard InChI is InChI=1S/C62H67NO14/c1-3-4-23-36-69-60-53(63-62(66)72-41-49-32-19-9-20-33-49)56(73-44(2)64)55(52(74-60)43-68-38-46-26-13-6-14-27-46)77-61-58(76-59(65)50-34-21-10-22-35-50)57(71-40-48-30-17-8-18-31-48)54(70-39-47-28-15-7-16-29-47)51(75-61)42-67-37-45-24-11-5-12-25-45/h3,5-22,24-35,51-58,60-61H,1,4,23,36-43H2,2H3,(H,63,66)/t51-,52-,53-,54+,55-,56-,57+,58-,60-,61+/m1/s1. The number of carbonyl (C=O) groups is 3. The molecule has 2 heterocycles. The number of alkyl carbamates (subject to hydrolysis) is 1. The predicted octanol–water partition coefficient (Wildman–Crippen LogP) is 9.86. The van der Waals surface area contributed by atoms with E-state index in [-0.39, 0.29) is 58.4 Å². The molecule has 2 aliphatic rings. The van der Waals surface area contributed by atoms with Crippen LogP contribution in [0.5, 0.6) is 0 Å². The summed E-state index contributed by atoms with van der Waals surface area (Å²) in [7, 11) is 0. The number of nitrogens with one attached hydrogen (secondary N) is 1. The Morgan fingerprint density at radius 3 is 1.47 bits per heavy atom. The van der Waals surface area contributed by atoms with Crippen LogP contribution in [-0.2, 0) is 89.9 Å². The van der Waals surface area contributed by atoms with E-state index in [1.54, 1.807) is 36.4 Å². The average molecular weight is 1050 g/mol. The number of hydrogen-bond acceptors (Lipinski definition) is 14. The van der Waals surface area contributed by atoms with Gasteiger partial charge in [-0.25, -0.2) is 9.59 Å². The fourth-order valence-corrected chi connectivity index (χ4v) is 8.98. The van der Waals surface area contributed by atoms with Crippen molar-refractivity contribution in [2.75, 3.05) is 19.8 Å². The lowest BCUT2D eigenvalue weighted by Gasteiger charge is -2.49. The fraction of sp³-hybridized carbons (Fsp3) is 0.339. The maximum absolute atomic E-state index is 14.5. The first-order valence-electron chi connectivity index (χ1n) is 25.9. The molecule has 15 heteroatoms. The molecular weight excluding hydrogens is 983 g/mol. The second kappa shape index (κ2) is 30.0. The largest absolute Gasteiger partial charge is 0.457 e. The van der Waals surface area contributed by atoms with Crippen molar-refractivity contribution in [1.29, 1.82) is 0 Å². The molecule has 2 fully saturated rings. The van der Waals surface area contributed by atoms with E-state index in [4.69, 9.17) is 52.1 Å². The quantitative estimate of drug-likeness (QED) is 0.0224. The topological polar surface area (TPSA) is 165 Å². The molecule has 77 heavy (non-hydrogen) atoms. The Bertz CT molecular complexity index is 2670. The fourth-order valence-electron chi connectivity index (χ4n) is 8.98. The molecule has 0 spiro atoms. The molecule has 0 aromatic heterocycles. The van der Waals surface area contributed by atoms with E-state index >= 15 is 0 Å². The smallest absolute Gasteiger partial charge is 0.407 e. The number of allylic oxidation sites excluding steroid dienone is 1. The minimum Gasteiger partial charge on any atom is -0.457 e. The molecule has 2 aliphatic heterocycles. The van der Waals surface area contributed by atoms with Gasteiger partial charge in [-0.1, -0.05) is 176 Å². The lowest BCUT2D eigenvalue weighted by Crippen LogP contribution is -2.69. The van der Waals surface area contributed by atoms with Gasteiger partial charge in [-0.15, -0.1) is 6.58 Å². The van der Waals surface area contributed by atoms with Crippen LogP contribution in [-0.4, -0.2) is 99.2 Å². The van der Waals surface area contributed by atoms with Crippen LogP contribution in [0.3, 0.4) is 0 Å². The first-order chi connectivity index (χ1) is 37.8. The monoisotopic (exact) mass is 1050 g/mol. The summed E-state index contributed by atoms with van der Waals surface area (Å²) >= 11 is 0. The minimum atomic E-state index is -1.51. The highest BCUT2D eigenvalue weighted by atomic mass is 16.8. The molecule has 1 N–H and O–H groups in total. The SMILES string of the molecule is C=CCCCO[C@@H]1O[C@H](COCc2ccccc2)[C@@H](O[C@@H]2O[C@H](COCc3ccccc3)[C@H](OCc3ccccc3)[C@H](OCc3ccccc3)[C@H]2OC(=O)c2ccccc2)[C@H](OC(C)=O)[C@H]1NC(=O)OCc1ccccc1. The van der Waals surface area contributed by atoms with Gasteiger partial charge in [0.25, 0.3) is 0 Å². The second-order valence-corrected chi connectivity index (χ2v) is 18.6. The van der Waals surface area contributed by atoms with E-state index in [9.17, 15) is 14.4 Å². The summed E-state index contributed by atoms with van der Waals surface area (Å²) in [5.41, 5.74) is 4.52. The van der Waals surface area contributed by atoms with Crippen molar-refractivity contribution in [2.24, 2.45) is 0 Å². The highest BCUT2D eigenvalue weighted by Crippen LogP contribution is 2.36. The molecule has 15 nitrogen and oxygen atoms in total. The zero-order chi connectivity index (χ0) is 53.4. The van der Waals surface area contributed by atoms with E-state index in [0.717, 1.165) is 27.8 Å². The van der Waals surface area contributed by atoms with Crippen LogP contribution in [0.4, 0.5) is 4.79 Å². The van der Waals surface area contributed by atoms with Gasteiger partial charge in [0, 0.05) is 6.92 Å². The van der Waals surface area contributed by atoms with E-state index in [0.29, 0.717) is 12.8 Å². The second-order valence-electron chi connectivity index (χ2n) is 18.6. The summed E-state index contributed by atoms with van der Waals surface area (Å²) in [5.74, 6) is -1.40. The van der Waals surface area contributed by atoms with Crippen molar-refractivity contribution in [1.82, 2.24) is 5.32 Å². The first-order valence-corrected chi connectivity index (χ1v) is 25.9. The van der Waals surface area contributed by atoms with Gasteiger partial charge in [0.1, 0.15) is 43.2 Å². The van der Waals surface area contributed by atoms with E-state index in [1.807, 2.05) is 152 Å². The Hall–Kier alpha value is -7.05. The Balaban J connectivity index is 1.20. The molecule has 404 valence electrons. The summed E-state index contributed by atoms with van der Waals surface area (Å²) in [4.78, 5) is 41.9. The molecule has 0 radical (unpaired) electrons. The van der Waals surface area contributed by atoms with E-state index in [1.165, 1.54) is 6.92 Å². The lowest BCUT2D eigenvalue weighted by molar-refractivity contribution is -0.356. The van der Waals surface area contributed by atoms with Gasteiger partial charge in [0.2, 0.25) is 0 Å². The van der Waals surface area contributed by atoms with Crippen LogP contribution in [0.15, 0.2) is 195 Å². The van der Waals surface area contributed by atoms with Gasteiger partial charge in [0.05, 0.1) is 51.8 Å². The number of carbonyl (C=O) groups excluding carboxylic acids is 3. The van der Waals surface area contributed by atoms with Crippen molar-refractivity contribution in [2.45, 2.75) is 114 Å². The van der Waals surface area contributed by atoms with Crippen LogP contribution in [0.2, 0.25) is 0 Å². The predicted molar refractivity (Wildman–Crippen MR) is 285 cm³/mol. The van der Waals surface area contributed by atoms with Gasteiger partial charge in [-0.3, -0.25) is 4.79 Å². The van der Waals surface area contributed by atoms with Crippen LogP contribution >= 0.6 is 0 Å². The number of amides is 1. The number of unbranched alkanes of at least 4 members (excludes halogenated alkanes) is 1. The third-order valence-corrected chi connectivity index (χ3v) is 12.8. The Morgan fingerprint density at radius 2 is 0.961 bits per heavy atom. The Morgan fingerprint density at radius 1 is 0.506 bits per heavy atom. The summed E-state index contributed by atoms with van der Waals surface area (Å²) in [6, 6.07) is 55.0. The van der Waals surface area contributed by atoms with Gasteiger partial charge in [0.15, 0.2) is 24.8 Å². The Kier molecular flexibility index (Phi) is 21.9. The molecule has 0 aliphatic carbocycles.